The van der Waals surface area contributed by atoms with Gasteiger partial charge < -0.3 is 10.5 Å². The first-order chi connectivity index (χ1) is 6.71. The summed E-state index contributed by atoms with van der Waals surface area (Å²) in [4.78, 5) is 16.7. The Morgan fingerprint density at radius 1 is 1.79 bits per heavy atom. The van der Waals surface area contributed by atoms with Crippen molar-refractivity contribution in [3.63, 3.8) is 0 Å². The minimum absolute atomic E-state index is 0.0549. The van der Waals surface area contributed by atoms with E-state index in [4.69, 9.17) is 10.5 Å². The minimum atomic E-state index is -0.760. The van der Waals surface area contributed by atoms with Gasteiger partial charge >= 0.3 is 0 Å². The van der Waals surface area contributed by atoms with Crippen LogP contribution in [0.1, 0.15) is 11.3 Å². The molecule has 1 saturated heterocycles. The molecular weight excluding hydrogens is 200 g/mol. The average Bonchev–Trinajstić information content (AvgIpc) is 2.76. The van der Waals surface area contributed by atoms with E-state index in [1.54, 1.807) is 11.7 Å². The summed E-state index contributed by atoms with van der Waals surface area (Å²) in [6, 6.07) is 0. The highest BCUT2D eigenvalue weighted by Gasteiger charge is 2.37. The van der Waals surface area contributed by atoms with Crippen molar-refractivity contribution in [2.75, 3.05) is 13.2 Å². The molecule has 0 radical (unpaired) electrons. The number of ether oxygens (including phenoxy) is 1. The topological polar surface area (TPSA) is 65.2 Å². The molecule has 2 heterocycles. The summed E-state index contributed by atoms with van der Waals surface area (Å²) < 4.78 is 5.14. The molecule has 0 saturated carbocycles. The van der Waals surface area contributed by atoms with Crippen molar-refractivity contribution in [1.82, 2.24) is 4.98 Å². The fourth-order valence-electron chi connectivity index (χ4n) is 1.46. The number of hydrogen-bond donors (Lipinski definition) is 1. The Bertz CT molecular complexity index is 318. The number of thiazole rings is 1. The first-order valence-corrected chi connectivity index (χ1v) is 5.36. The second-order valence-corrected chi connectivity index (χ2v) is 4.50. The van der Waals surface area contributed by atoms with Crippen LogP contribution in [0.3, 0.4) is 0 Å². The normalized spacial score (nSPS) is 26.6. The van der Waals surface area contributed by atoms with Gasteiger partial charge in [-0.15, -0.1) is 11.3 Å². The second kappa shape index (κ2) is 3.76. The molecule has 2 rings (SSSR count). The monoisotopic (exact) mass is 212 g/mol. The molecule has 0 bridgehead atoms. The van der Waals surface area contributed by atoms with Crippen molar-refractivity contribution in [2.45, 2.75) is 18.4 Å². The predicted octanol–water partition coefficient (Wildman–Crippen LogP) is 0.372. The SMILES string of the molecule is NC1(C(=O)Cc2cncs2)CCOC1. The third-order valence-corrected chi connectivity index (χ3v) is 3.21. The fourth-order valence-corrected chi connectivity index (χ4v) is 2.06. The predicted molar refractivity (Wildman–Crippen MR) is 53.2 cm³/mol. The largest absolute Gasteiger partial charge is 0.379 e. The second-order valence-electron chi connectivity index (χ2n) is 3.53. The smallest absolute Gasteiger partial charge is 0.160 e. The Balaban J connectivity index is 2.02. The van der Waals surface area contributed by atoms with Gasteiger partial charge in [0.15, 0.2) is 5.78 Å². The van der Waals surface area contributed by atoms with E-state index < -0.39 is 5.54 Å². The lowest BCUT2D eigenvalue weighted by molar-refractivity contribution is -0.123. The van der Waals surface area contributed by atoms with Crippen molar-refractivity contribution in [1.29, 1.82) is 0 Å². The summed E-state index contributed by atoms with van der Waals surface area (Å²) in [5.41, 5.74) is 6.89. The lowest BCUT2D eigenvalue weighted by Crippen LogP contribution is -2.49. The van der Waals surface area contributed by atoms with Gasteiger partial charge in [0.25, 0.3) is 0 Å². The zero-order valence-electron chi connectivity index (χ0n) is 7.73. The highest BCUT2D eigenvalue weighted by molar-refractivity contribution is 7.09. The van der Waals surface area contributed by atoms with Crippen molar-refractivity contribution < 1.29 is 9.53 Å². The maximum Gasteiger partial charge on any atom is 0.160 e. The quantitative estimate of drug-likeness (QED) is 0.786. The van der Waals surface area contributed by atoms with Crippen LogP contribution in [0, 0.1) is 0 Å². The number of nitrogens with two attached hydrogens (primary N) is 1. The van der Waals surface area contributed by atoms with Gasteiger partial charge in [-0.25, -0.2) is 0 Å². The molecule has 5 heteroatoms. The van der Waals surface area contributed by atoms with Crippen LogP contribution in [0.15, 0.2) is 11.7 Å². The number of hydrogen-bond acceptors (Lipinski definition) is 5. The molecule has 0 spiro atoms. The van der Waals surface area contributed by atoms with Gasteiger partial charge in [0, 0.05) is 24.1 Å². The summed E-state index contributed by atoms with van der Waals surface area (Å²) in [6.07, 6.45) is 2.72. The summed E-state index contributed by atoms with van der Waals surface area (Å²) >= 11 is 1.48. The highest BCUT2D eigenvalue weighted by Crippen LogP contribution is 2.19. The van der Waals surface area contributed by atoms with Gasteiger partial charge in [-0.2, -0.15) is 0 Å². The Hall–Kier alpha value is -0.780. The van der Waals surface area contributed by atoms with Crippen LogP contribution in [0.5, 0.6) is 0 Å². The zero-order valence-corrected chi connectivity index (χ0v) is 8.55. The molecule has 1 aromatic rings. The van der Waals surface area contributed by atoms with E-state index in [9.17, 15) is 4.79 Å². The molecule has 1 aliphatic heterocycles. The van der Waals surface area contributed by atoms with Gasteiger partial charge in [-0.3, -0.25) is 9.78 Å². The van der Waals surface area contributed by atoms with E-state index in [2.05, 4.69) is 4.98 Å². The maximum absolute atomic E-state index is 11.8. The Labute approximate surface area is 86.1 Å². The maximum atomic E-state index is 11.8. The summed E-state index contributed by atoms with van der Waals surface area (Å²) in [5, 5.41) is 0. The van der Waals surface area contributed by atoms with Crippen molar-refractivity contribution in [2.24, 2.45) is 5.73 Å². The molecule has 4 nitrogen and oxygen atoms in total. The molecule has 1 aromatic heterocycles. The highest BCUT2D eigenvalue weighted by atomic mass is 32.1. The molecule has 0 amide bonds. The van der Waals surface area contributed by atoms with Crippen LogP contribution < -0.4 is 5.73 Å². The standard InChI is InChI=1S/C9H12N2O2S/c10-9(1-2-13-5-9)8(12)3-7-4-11-6-14-7/h4,6H,1-3,5,10H2. The molecule has 0 aromatic carbocycles. The van der Waals surface area contributed by atoms with Crippen LogP contribution in [0.25, 0.3) is 0 Å². The van der Waals surface area contributed by atoms with Crippen LogP contribution in [-0.4, -0.2) is 29.5 Å². The Morgan fingerprint density at radius 3 is 3.21 bits per heavy atom. The van der Waals surface area contributed by atoms with E-state index in [0.29, 0.717) is 26.1 Å². The minimum Gasteiger partial charge on any atom is -0.379 e. The lowest BCUT2D eigenvalue weighted by Gasteiger charge is -2.19. The van der Waals surface area contributed by atoms with E-state index >= 15 is 0 Å². The molecule has 14 heavy (non-hydrogen) atoms. The van der Waals surface area contributed by atoms with E-state index in [-0.39, 0.29) is 5.78 Å². The summed E-state index contributed by atoms with van der Waals surface area (Å²) in [5.74, 6) is 0.0549. The van der Waals surface area contributed by atoms with Crippen molar-refractivity contribution in [3.05, 3.63) is 16.6 Å². The number of nitrogens with zero attached hydrogens (tertiary/aromatic N) is 1. The number of ketones is 1. The molecule has 1 fully saturated rings. The molecule has 1 atom stereocenters. The van der Waals surface area contributed by atoms with Gasteiger partial charge in [0.05, 0.1) is 12.1 Å². The van der Waals surface area contributed by atoms with E-state index in [1.165, 1.54) is 11.3 Å². The number of rotatable bonds is 3. The third kappa shape index (κ3) is 1.84. The van der Waals surface area contributed by atoms with Crippen molar-refractivity contribution in [3.8, 4) is 0 Å². The molecule has 76 valence electrons. The van der Waals surface area contributed by atoms with Gasteiger partial charge in [0.2, 0.25) is 0 Å². The van der Waals surface area contributed by atoms with Gasteiger partial charge in [0.1, 0.15) is 5.54 Å². The average molecular weight is 212 g/mol. The molecule has 1 unspecified atom stereocenters. The fraction of sp³-hybridized carbons (Fsp3) is 0.556. The lowest BCUT2D eigenvalue weighted by atomic mass is 9.92. The number of Topliss-reactive ketones (excluding diaryl/α,β-unsaturated/α-hetero) is 1. The third-order valence-electron chi connectivity index (χ3n) is 2.43. The Morgan fingerprint density at radius 2 is 2.64 bits per heavy atom. The summed E-state index contributed by atoms with van der Waals surface area (Å²) in [6.45, 7) is 0.940. The van der Waals surface area contributed by atoms with Crippen LogP contribution >= 0.6 is 11.3 Å². The van der Waals surface area contributed by atoms with E-state index in [1.807, 2.05) is 0 Å². The number of aromatic nitrogens is 1. The summed E-state index contributed by atoms with van der Waals surface area (Å²) in [7, 11) is 0. The first kappa shape index (κ1) is 9.76. The molecule has 0 aliphatic carbocycles. The molecular formula is C9H12N2O2S. The number of carbonyl (C=O) groups excluding carboxylic acids is 1. The van der Waals surface area contributed by atoms with Crippen LogP contribution in [0.4, 0.5) is 0 Å². The van der Waals surface area contributed by atoms with Gasteiger partial charge in [-0.05, 0) is 6.42 Å². The van der Waals surface area contributed by atoms with Crippen molar-refractivity contribution >= 4 is 17.1 Å². The van der Waals surface area contributed by atoms with Crippen LogP contribution in [0.2, 0.25) is 0 Å². The first-order valence-electron chi connectivity index (χ1n) is 4.48. The molecule has 2 N–H and O–H groups in total. The van der Waals surface area contributed by atoms with Crippen LogP contribution in [-0.2, 0) is 16.0 Å². The van der Waals surface area contributed by atoms with Gasteiger partial charge in [-0.1, -0.05) is 0 Å². The Kier molecular flexibility index (Phi) is 2.62. The number of carbonyl (C=O) groups is 1. The van der Waals surface area contributed by atoms with E-state index in [0.717, 1.165) is 4.88 Å². The zero-order chi connectivity index (χ0) is 10.0. The molecule has 1 aliphatic rings.